The summed E-state index contributed by atoms with van der Waals surface area (Å²) in [5, 5.41) is 8.46. The van der Waals surface area contributed by atoms with E-state index in [-0.39, 0.29) is 37.9 Å². The average molecular weight is 404 g/mol. The number of carbonyl (C=O) groups excluding carboxylic acids is 3. The molecular formula is C17H23Cl2N3O4. The molecule has 0 radical (unpaired) electrons. The largest absolute Gasteiger partial charge is 0.444 e. The Morgan fingerprint density at radius 3 is 2.23 bits per heavy atom. The number of amides is 3. The van der Waals surface area contributed by atoms with E-state index in [4.69, 9.17) is 27.9 Å². The summed E-state index contributed by atoms with van der Waals surface area (Å²) < 4.78 is 5.06. The molecule has 0 aliphatic rings. The van der Waals surface area contributed by atoms with Gasteiger partial charge in [0.2, 0.25) is 5.91 Å². The van der Waals surface area contributed by atoms with Crippen LogP contribution in [-0.4, -0.2) is 43.1 Å². The molecule has 1 rings (SSSR count). The van der Waals surface area contributed by atoms with Crippen molar-refractivity contribution >= 4 is 41.1 Å². The van der Waals surface area contributed by atoms with Crippen LogP contribution in [0.5, 0.6) is 0 Å². The van der Waals surface area contributed by atoms with Crippen LogP contribution in [0.25, 0.3) is 0 Å². The number of hydrogen-bond acceptors (Lipinski definition) is 4. The van der Waals surface area contributed by atoms with E-state index in [2.05, 4.69) is 16.0 Å². The molecule has 7 nitrogen and oxygen atoms in total. The zero-order valence-corrected chi connectivity index (χ0v) is 16.5. The third-order valence-corrected chi connectivity index (χ3v) is 3.67. The second kappa shape index (κ2) is 10.2. The Bertz CT molecular complexity index is 660. The van der Waals surface area contributed by atoms with Crippen molar-refractivity contribution < 1.29 is 19.1 Å². The summed E-state index contributed by atoms with van der Waals surface area (Å²) in [6, 6.07) is 4.57. The van der Waals surface area contributed by atoms with Crippen LogP contribution in [0.3, 0.4) is 0 Å². The van der Waals surface area contributed by atoms with Crippen molar-refractivity contribution in [1.29, 1.82) is 0 Å². The predicted octanol–water partition coefficient (Wildman–Crippen LogP) is 2.75. The van der Waals surface area contributed by atoms with E-state index in [9.17, 15) is 14.4 Å². The second-order valence-corrected chi connectivity index (χ2v) is 7.23. The van der Waals surface area contributed by atoms with Gasteiger partial charge < -0.3 is 20.7 Å². The van der Waals surface area contributed by atoms with Crippen molar-refractivity contribution in [2.24, 2.45) is 0 Å². The van der Waals surface area contributed by atoms with E-state index in [1.165, 1.54) is 12.1 Å². The minimum atomic E-state index is -0.584. The van der Waals surface area contributed by atoms with Gasteiger partial charge in [-0.15, -0.1) is 0 Å². The first kappa shape index (κ1) is 22.1. The number of rotatable bonds is 7. The van der Waals surface area contributed by atoms with Crippen molar-refractivity contribution in [3.63, 3.8) is 0 Å². The summed E-state index contributed by atoms with van der Waals surface area (Å²) in [6.07, 6.45) is -0.459. The second-order valence-electron chi connectivity index (χ2n) is 6.41. The third kappa shape index (κ3) is 8.92. The average Bonchev–Trinajstić information content (AvgIpc) is 2.52. The van der Waals surface area contributed by atoms with Crippen LogP contribution in [0.2, 0.25) is 10.0 Å². The standard InChI is InChI=1S/C17H23Cl2N3O4/c1-17(2,3)26-16(25)22-7-6-14(23)20-8-9-21-15(24)11-4-5-12(18)13(19)10-11/h4-5,10H,6-9H2,1-3H3,(H,20,23)(H,21,24)(H,22,25). The third-order valence-electron chi connectivity index (χ3n) is 2.93. The molecule has 0 spiro atoms. The van der Waals surface area contributed by atoms with Crippen molar-refractivity contribution in [2.75, 3.05) is 19.6 Å². The van der Waals surface area contributed by atoms with Gasteiger partial charge in [0.05, 0.1) is 10.0 Å². The maximum absolute atomic E-state index is 11.9. The lowest BCUT2D eigenvalue weighted by molar-refractivity contribution is -0.120. The molecule has 3 N–H and O–H groups in total. The Kier molecular flexibility index (Phi) is 8.68. The molecule has 0 heterocycles. The highest BCUT2D eigenvalue weighted by atomic mass is 35.5. The van der Waals surface area contributed by atoms with Gasteiger partial charge in [-0.1, -0.05) is 23.2 Å². The number of benzene rings is 1. The number of hydrogen-bond donors (Lipinski definition) is 3. The van der Waals surface area contributed by atoms with Crippen LogP contribution < -0.4 is 16.0 Å². The van der Waals surface area contributed by atoms with Gasteiger partial charge in [0, 0.05) is 31.6 Å². The SMILES string of the molecule is CC(C)(C)OC(=O)NCCC(=O)NCCNC(=O)c1ccc(Cl)c(Cl)c1. The lowest BCUT2D eigenvalue weighted by atomic mass is 10.2. The van der Waals surface area contributed by atoms with Crippen molar-refractivity contribution in [2.45, 2.75) is 32.8 Å². The molecule has 0 unspecified atom stereocenters. The van der Waals surface area contributed by atoms with Crippen LogP contribution in [0.1, 0.15) is 37.6 Å². The Morgan fingerprint density at radius 2 is 1.62 bits per heavy atom. The van der Waals surface area contributed by atoms with Gasteiger partial charge in [-0.05, 0) is 39.0 Å². The molecule has 0 aliphatic carbocycles. The summed E-state index contributed by atoms with van der Waals surface area (Å²) in [4.78, 5) is 35.0. The molecule has 26 heavy (non-hydrogen) atoms. The highest BCUT2D eigenvalue weighted by Gasteiger charge is 2.15. The smallest absolute Gasteiger partial charge is 0.407 e. The zero-order chi connectivity index (χ0) is 19.7. The first-order chi connectivity index (χ1) is 12.1. The van der Waals surface area contributed by atoms with E-state index in [1.54, 1.807) is 26.8 Å². The molecule has 0 fully saturated rings. The van der Waals surface area contributed by atoms with Crippen LogP contribution in [-0.2, 0) is 9.53 Å². The van der Waals surface area contributed by atoms with E-state index in [1.807, 2.05) is 0 Å². The van der Waals surface area contributed by atoms with Crippen molar-refractivity contribution in [3.8, 4) is 0 Å². The van der Waals surface area contributed by atoms with Gasteiger partial charge >= 0.3 is 6.09 Å². The monoisotopic (exact) mass is 403 g/mol. The van der Waals surface area contributed by atoms with Crippen molar-refractivity contribution in [3.05, 3.63) is 33.8 Å². The summed E-state index contributed by atoms with van der Waals surface area (Å²) in [6.45, 7) is 5.95. The van der Waals surface area contributed by atoms with E-state index in [0.717, 1.165) is 0 Å². The number of carbonyl (C=O) groups is 3. The summed E-state index contributed by atoms with van der Waals surface area (Å²) in [5.74, 6) is -0.561. The first-order valence-electron chi connectivity index (χ1n) is 8.05. The Balaban J connectivity index is 2.19. The molecule has 0 saturated heterocycles. The molecule has 9 heteroatoms. The summed E-state index contributed by atoms with van der Waals surface area (Å²) in [7, 11) is 0. The van der Waals surface area contributed by atoms with Crippen LogP contribution >= 0.6 is 23.2 Å². The molecular weight excluding hydrogens is 381 g/mol. The van der Waals surface area contributed by atoms with Gasteiger partial charge in [0.25, 0.3) is 5.91 Å². The highest BCUT2D eigenvalue weighted by molar-refractivity contribution is 6.42. The molecule has 0 aliphatic heterocycles. The predicted molar refractivity (Wildman–Crippen MR) is 101 cm³/mol. The normalized spacial score (nSPS) is 10.8. The fourth-order valence-electron chi connectivity index (χ4n) is 1.80. The van der Waals surface area contributed by atoms with Crippen LogP contribution in [0.4, 0.5) is 4.79 Å². The maximum atomic E-state index is 11.9. The number of halogens is 2. The lowest BCUT2D eigenvalue weighted by Gasteiger charge is -2.19. The number of alkyl carbamates (subject to hydrolysis) is 1. The van der Waals surface area contributed by atoms with Gasteiger partial charge in [0.15, 0.2) is 0 Å². The molecule has 0 bridgehead atoms. The molecule has 0 saturated carbocycles. The quantitative estimate of drug-likeness (QED) is 0.609. The molecule has 144 valence electrons. The maximum Gasteiger partial charge on any atom is 0.407 e. The minimum absolute atomic E-state index is 0.111. The fraction of sp³-hybridized carbons (Fsp3) is 0.471. The molecule has 1 aromatic carbocycles. The molecule has 0 aromatic heterocycles. The van der Waals surface area contributed by atoms with Crippen LogP contribution in [0, 0.1) is 0 Å². The van der Waals surface area contributed by atoms with Crippen molar-refractivity contribution in [1.82, 2.24) is 16.0 Å². The molecule has 1 aromatic rings. The molecule has 0 atom stereocenters. The Morgan fingerprint density at radius 1 is 0.962 bits per heavy atom. The number of ether oxygens (including phenoxy) is 1. The minimum Gasteiger partial charge on any atom is -0.444 e. The number of nitrogens with one attached hydrogen (secondary N) is 3. The topological polar surface area (TPSA) is 96.5 Å². The van der Waals surface area contributed by atoms with Gasteiger partial charge in [-0.2, -0.15) is 0 Å². The van der Waals surface area contributed by atoms with E-state index >= 15 is 0 Å². The summed E-state index contributed by atoms with van der Waals surface area (Å²) in [5.41, 5.74) is -0.203. The van der Waals surface area contributed by atoms with Crippen LogP contribution in [0.15, 0.2) is 18.2 Å². The van der Waals surface area contributed by atoms with Gasteiger partial charge in [0.1, 0.15) is 5.60 Å². The van der Waals surface area contributed by atoms with E-state index < -0.39 is 11.7 Å². The first-order valence-corrected chi connectivity index (χ1v) is 8.81. The van der Waals surface area contributed by atoms with Gasteiger partial charge in [-0.3, -0.25) is 9.59 Å². The summed E-state index contributed by atoms with van der Waals surface area (Å²) >= 11 is 11.7. The Hall–Kier alpha value is -1.99. The fourth-order valence-corrected chi connectivity index (χ4v) is 2.10. The van der Waals surface area contributed by atoms with Gasteiger partial charge in [-0.25, -0.2) is 4.79 Å². The zero-order valence-electron chi connectivity index (χ0n) is 14.9. The highest BCUT2D eigenvalue weighted by Crippen LogP contribution is 2.22. The molecule has 3 amide bonds. The lowest BCUT2D eigenvalue weighted by Crippen LogP contribution is -2.37. The van der Waals surface area contributed by atoms with E-state index in [0.29, 0.717) is 15.6 Å². The Labute approximate surface area is 162 Å².